The van der Waals surface area contributed by atoms with Crippen molar-refractivity contribution >= 4 is 29.7 Å². The quantitative estimate of drug-likeness (QED) is 0.220. The number of ketones is 1. The Morgan fingerprint density at radius 3 is 2.48 bits per heavy atom. The van der Waals surface area contributed by atoms with Crippen LogP contribution in [0, 0.1) is 28.1 Å². The van der Waals surface area contributed by atoms with Crippen LogP contribution in [0.3, 0.4) is 0 Å². The van der Waals surface area contributed by atoms with E-state index in [0.717, 1.165) is 11.1 Å². The predicted molar refractivity (Wildman–Crippen MR) is 147 cm³/mol. The molecule has 0 spiro atoms. The van der Waals surface area contributed by atoms with Crippen molar-refractivity contribution < 1.29 is 48.0 Å². The van der Waals surface area contributed by atoms with Gasteiger partial charge in [0.1, 0.15) is 18.0 Å². The normalized spacial score (nSPS) is 39.8. The van der Waals surface area contributed by atoms with E-state index in [0.29, 0.717) is 31.3 Å². The highest BCUT2D eigenvalue weighted by Gasteiger charge is 2.67. The number of carbonyl (C=O) groups excluding carboxylic acids is 5. The Morgan fingerprint density at radius 1 is 1.14 bits per heavy atom. The molecule has 8 atom stereocenters. The number of Topliss-reactive ketones (excluding diaryl/α,β-unsaturated/α-hetero) is 1. The summed E-state index contributed by atoms with van der Waals surface area (Å²) in [6.07, 6.45) is 1.88. The zero-order valence-corrected chi connectivity index (χ0v) is 25.1. The number of esters is 4. The van der Waals surface area contributed by atoms with Crippen LogP contribution >= 0.6 is 0 Å². The van der Waals surface area contributed by atoms with Gasteiger partial charge >= 0.3 is 23.9 Å². The second-order valence-electron chi connectivity index (χ2n) is 13.1. The molecular weight excluding hydrogens is 544 g/mol. The summed E-state index contributed by atoms with van der Waals surface area (Å²) >= 11 is 0. The number of fused-ring (bicyclic) bond motifs is 5. The summed E-state index contributed by atoms with van der Waals surface area (Å²) in [5.41, 5.74) is -0.133. The van der Waals surface area contributed by atoms with Crippen molar-refractivity contribution in [1.82, 2.24) is 0 Å². The summed E-state index contributed by atoms with van der Waals surface area (Å²) in [6.45, 7) is 9.24. The fourth-order valence-electron chi connectivity index (χ4n) is 8.61. The van der Waals surface area contributed by atoms with Crippen molar-refractivity contribution in [2.24, 2.45) is 28.1 Å². The van der Waals surface area contributed by atoms with Gasteiger partial charge in [-0.2, -0.15) is 0 Å². The van der Waals surface area contributed by atoms with E-state index in [4.69, 9.17) is 18.9 Å². The van der Waals surface area contributed by atoms with Crippen LogP contribution in [0.15, 0.2) is 34.4 Å². The molecular formula is C32H40O10. The summed E-state index contributed by atoms with van der Waals surface area (Å²) in [6, 6.07) is 0. The number of cyclic esters (lactones) is 2. The first kappa shape index (κ1) is 30.2. The zero-order chi connectivity index (χ0) is 30.8. The highest BCUT2D eigenvalue weighted by atomic mass is 16.6. The van der Waals surface area contributed by atoms with Crippen LogP contribution in [-0.4, -0.2) is 60.4 Å². The Kier molecular flexibility index (Phi) is 7.53. The molecule has 0 radical (unpaired) electrons. The lowest BCUT2D eigenvalue weighted by Gasteiger charge is -2.54. The van der Waals surface area contributed by atoms with E-state index in [9.17, 15) is 29.1 Å². The monoisotopic (exact) mass is 584 g/mol. The molecule has 2 heterocycles. The van der Waals surface area contributed by atoms with Gasteiger partial charge in [-0.1, -0.05) is 32.4 Å². The van der Waals surface area contributed by atoms with Gasteiger partial charge in [0.15, 0.2) is 0 Å². The number of hydrogen-bond acceptors (Lipinski definition) is 10. The van der Waals surface area contributed by atoms with Gasteiger partial charge in [0.2, 0.25) is 6.29 Å². The minimum Gasteiger partial charge on any atom is -0.469 e. The number of aliphatic hydroxyl groups excluding tert-OH is 1. The lowest BCUT2D eigenvalue weighted by atomic mass is 9.51. The number of rotatable bonds is 5. The van der Waals surface area contributed by atoms with Crippen LogP contribution in [0.25, 0.3) is 0 Å². The molecule has 0 aromatic rings. The molecule has 5 aliphatic rings. The molecule has 3 aliphatic carbocycles. The summed E-state index contributed by atoms with van der Waals surface area (Å²) < 4.78 is 21.9. The fraction of sp³-hybridized carbons (Fsp3) is 0.656. The van der Waals surface area contributed by atoms with Gasteiger partial charge in [0.05, 0.1) is 13.5 Å². The molecule has 2 bridgehead atoms. The number of ether oxygens (including phenoxy) is 4. The molecule has 0 aromatic heterocycles. The number of aliphatic hydroxyl groups is 1. The molecule has 10 nitrogen and oxygen atoms in total. The van der Waals surface area contributed by atoms with Crippen molar-refractivity contribution in [3.63, 3.8) is 0 Å². The van der Waals surface area contributed by atoms with E-state index in [-0.39, 0.29) is 36.5 Å². The van der Waals surface area contributed by atoms with Crippen molar-refractivity contribution in [2.75, 3.05) is 7.11 Å². The van der Waals surface area contributed by atoms with Crippen molar-refractivity contribution in [1.29, 1.82) is 0 Å². The van der Waals surface area contributed by atoms with E-state index in [2.05, 4.69) is 0 Å². The molecule has 0 aromatic carbocycles. The zero-order valence-electron chi connectivity index (χ0n) is 25.1. The maximum absolute atomic E-state index is 14.2. The molecule has 3 fully saturated rings. The number of carbonyl (C=O) groups is 5. The van der Waals surface area contributed by atoms with E-state index in [1.165, 1.54) is 13.2 Å². The molecule has 0 amide bonds. The molecule has 1 N–H and O–H groups in total. The first-order valence-corrected chi connectivity index (χ1v) is 14.7. The van der Waals surface area contributed by atoms with Gasteiger partial charge in [-0.25, -0.2) is 9.59 Å². The highest BCUT2D eigenvalue weighted by molar-refractivity contribution is 5.91. The second-order valence-corrected chi connectivity index (χ2v) is 13.1. The standard InChI is InChI=1S/C32H40O10/c1-7-16(2)28(37)40-23-9-8-17-19(32(5)21(14-24(34)39-6)31(23,4)15-22(32)33)10-11-30(3)20(17)13-26(36)41-27(30)18-12-25(35)42-29(18)38/h7,12,19,21,23,27,29,38H,8-11,13-15H2,1-6H3/b16-7+/t19-,21-,23+,27-,29?,30+,31+,32+/m0/s1. The molecule has 5 rings (SSSR count). The largest absolute Gasteiger partial charge is 0.469 e. The van der Waals surface area contributed by atoms with Crippen LogP contribution in [-0.2, 0) is 42.9 Å². The summed E-state index contributed by atoms with van der Waals surface area (Å²) in [5.74, 6) is -2.85. The van der Waals surface area contributed by atoms with Gasteiger partial charge < -0.3 is 24.1 Å². The SMILES string of the molecule is C/C=C(\C)C(=O)O[C@@H]1CCC2=C3CC(=O)O[C@@H](C4=CC(=O)OC4O)[C@]3(C)CC[C@@H]2[C@@]2(C)C(=O)C[C@]1(C)[C@@H]2CC(=O)OC. The predicted octanol–water partition coefficient (Wildman–Crippen LogP) is 3.65. The van der Waals surface area contributed by atoms with Crippen LogP contribution in [0.1, 0.15) is 79.6 Å². The average molecular weight is 585 g/mol. The summed E-state index contributed by atoms with van der Waals surface area (Å²) in [4.78, 5) is 65.1. The Bertz CT molecular complexity index is 1340. The van der Waals surface area contributed by atoms with Crippen LogP contribution < -0.4 is 0 Å². The molecule has 1 unspecified atom stereocenters. The Hall–Kier alpha value is -3.27. The van der Waals surface area contributed by atoms with Gasteiger partial charge in [-0.15, -0.1) is 0 Å². The summed E-state index contributed by atoms with van der Waals surface area (Å²) in [5, 5.41) is 10.5. The molecule has 2 aliphatic heterocycles. The first-order valence-electron chi connectivity index (χ1n) is 14.7. The average Bonchev–Trinajstić information content (AvgIpc) is 3.38. The lowest BCUT2D eigenvalue weighted by molar-refractivity contribution is -0.163. The maximum atomic E-state index is 14.2. The third-order valence-corrected chi connectivity index (χ3v) is 11.1. The third kappa shape index (κ3) is 4.44. The first-order chi connectivity index (χ1) is 19.7. The number of hydrogen-bond donors (Lipinski definition) is 1. The van der Waals surface area contributed by atoms with E-state index in [1.807, 2.05) is 20.8 Å². The smallest absolute Gasteiger partial charge is 0.333 e. The van der Waals surface area contributed by atoms with E-state index >= 15 is 0 Å². The second kappa shape index (κ2) is 10.5. The molecule has 2 saturated carbocycles. The van der Waals surface area contributed by atoms with Crippen LogP contribution in [0.4, 0.5) is 0 Å². The van der Waals surface area contributed by atoms with E-state index in [1.54, 1.807) is 19.9 Å². The Morgan fingerprint density at radius 2 is 1.86 bits per heavy atom. The molecule has 42 heavy (non-hydrogen) atoms. The van der Waals surface area contributed by atoms with Gasteiger partial charge in [0.25, 0.3) is 0 Å². The Balaban J connectivity index is 1.67. The van der Waals surface area contributed by atoms with Gasteiger partial charge in [-0.3, -0.25) is 14.4 Å². The van der Waals surface area contributed by atoms with Crippen molar-refractivity contribution in [3.8, 4) is 0 Å². The number of allylic oxidation sites excluding steroid dienone is 2. The van der Waals surface area contributed by atoms with Crippen molar-refractivity contribution in [3.05, 3.63) is 34.4 Å². The van der Waals surface area contributed by atoms with Crippen LogP contribution in [0.5, 0.6) is 0 Å². The minimum atomic E-state index is -1.51. The molecule has 228 valence electrons. The number of methoxy groups -OCH3 is 1. The topological polar surface area (TPSA) is 142 Å². The molecule has 10 heteroatoms. The van der Waals surface area contributed by atoms with Crippen LogP contribution in [0.2, 0.25) is 0 Å². The van der Waals surface area contributed by atoms with Gasteiger partial charge in [0, 0.05) is 46.3 Å². The lowest BCUT2D eigenvalue weighted by Crippen LogP contribution is -2.53. The fourth-order valence-corrected chi connectivity index (χ4v) is 8.61. The summed E-state index contributed by atoms with van der Waals surface area (Å²) in [7, 11) is 1.32. The third-order valence-electron chi connectivity index (χ3n) is 11.1. The van der Waals surface area contributed by atoms with Crippen molar-refractivity contribution in [2.45, 2.75) is 98.1 Å². The molecule has 1 saturated heterocycles. The minimum absolute atomic E-state index is 0.000771. The highest BCUT2D eigenvalue weighted by Crippen LogP contribution is 2.66. The Labute approximate surface area is 245 Å². The van der Waals surface area contributed by atoms with Gasteiger partial charge in [-0.05, 0) is 56.9 Å². The maximum Gasteiger partial charge on any atom is 0.333 e. The van der Waals surface area contributed by atoms with E-state index < -0.39 is 64.5 Å².